The number of para-hydroxylation sites is 1. The molecule has 0 bridgehead atoms. The lowest BCUT2D eigenvalue weighted by Gasteiger charge is -2.35. The number of hydrogen-bond acceptors (Lipinski definition) is 5. The zero-order chi connectivity index (χ0) is 22.9. The van der Waals surface area contributed by atoms with E-state index >= 15 is 0 Å². The number of nitrogens with zero attached hydrogens (tertiary/aromatic N) is 3. The van der Waals surface area contributed by atoms with Crippen LogP contribution in [0.1, 0.15) is 19.8 Å². The minimum Gasteiger partial charge on any atom is -0.373 e. The van der Waals surface area contributed by atoms with Crippen molar-refractivity contribution in [2.45, 2.75) is 37.6 Å². The number of alkyl halides is 3. The molecule has 0 spiro atoms. The first-order valence-electron chi connectivity index (χ1n) is 10.3. The maximum atomic E-state index is 12.9. The fraction of sp³-hybridized carbons (Fsp3) is 0.348. The fourth-order valence-corrected chi connectivity index (χ4v) is 3.71. The van der Waals surface area contributed by atoms with Gasteiger partial charge in [0.25, 0.3) is 5.91 Å². The molecular weight excluding hydrogens is 421 g/mol. The van der Waals surface area contributed by atoms with E-state index < -0.39 is 23.7 Å². The van der Waals surface area contributed by atoms with Gasteiger partial charge < -0.3 is 15.3 Å². The van der Waals surface area contributed by atoms with Crippen LogP contribution in [0.25, 0.3) is 22.3 Å². The monoisotopic (exact) mass is 444 g/mol. The van der Waals surface area contributed by atoms with E-state index in [1.54, 1.807) is 0 Å². The Morgan fingerprint density at radius 1 is 1.03 bits per heavy atom. The molecular formula is C23H23F3N4O2. The van der Waals surface area contributed by atoms with E-state index in [1.807, 2.05) is 54.6 Å². The Labute approximate surface area is 183 Å². The molecule has 9 heteroatoms. The van der Waals surface area contributed by atoms with Gasteiger partial charge in [0.2, 0.25) is 5.60 Å². The Bertz CT molecular complexity index is 1110. The first kappa shape index (κ1) is 22.0. The highest BCUT2D eigenvalue weighted by Gasteiger charge is 2.56. The van der Waals surface area contributed by atoms with E-state index in [9.17, 15) is 23.1 Å². The fourth-order valence-electron chi connectivity index (χ4n) is 3.71. The molecule has 2 N–H and O–H groups in total. The van der Waals surface area contributed by atoms with Crippen LogP contribution in [0.5, 0.6) is 0 Å². The molecule has 1 saturated heterocycles. The van der Waals surface area contributed by atoms with E-state index in [0.29, 0.717) is 38.7 Å². The van der Waals surface area contributed by atoms with Gasteiger partial charge in [0.05, 0.1) is 5.52 Å². The number of aromatic nitrogens is 2. The van der Waals surface area contributed by atoms with Crippen molar-refractivity contribution in [3.63, 3.8) is 0 Å². The molecule has 1 aromatic heterocycles. The van der Waals surface area contributed by atoms with Gasteiger partial charge in [-0.25, -0.2) is 9.97 Å². The number of carbonyl (C=O) groups is 1. The van der Waals surface area contributed by atoms with Crippen LogP contribution >= 0.6 is 0 Å². The van der Waals surface area contributed by atoms with Crippen molar-refractivity contribution in [2.24, 2.45) is 0 Å². The predicted molar refractivity (Wildman–Crippen MR) is 115 cm³/mol. The minimum atomic E-state index is -5.04. The summed E-state index contributed by atoms with van der Waals surface area (Å²) >= 11 is 0. The lowest BCUT2D eigenvalue weighted by molar-refractivity contribution is -0.245. The number of halogens is 3. The van der Waals surface area contributed by atoms with Crippen LogP contribution in [-0.2, 0) is 4.79 Å². The molecule has 1 atom stereocenters. The van der Waals surface area contributed by atoms with Crippen molar-refractivity contribution in [1.82, 2.24) is 15.3 Å². The van der Waals surface area contributed by atoms with Gasteiger partial charge >= 0.3 is 6.18 Å². The van der Waals surface area contributed by atoms with Crippen molar-refractivity contribution in [3.05, 3.63) is 54.6 Å². The molecule has 0 saturated carbocycles. The Kier molecular flexibility index (Phi) is 5.77. The van der Waals surface area contributed by atoms with E-state index in [0.717, 1.165) is 22.3 Å². The lowest BCUT2D eigenvalue weighted by Crippen LogP contribution is -2.58. The molecule has 2 aromatic carbocycles. The van der Waals surface area contributed by atoms with Gasteiger partial charge in [-0.05, 0) is 31.9 Å². The minimum absolute atomic E-state index is 0.429. The third-order valence-electron chi connectivity index (χ3n) is 5.74. The molecule has 32 heavy (non-hydrogen) atoms. The number of benzene rings is 2. The number of nitrogens with one attached hydrogen (secondary N) is 1. The quantitative estimate of drug-likeness (QED) is 0.642. The number of rotatable bonds is 4. The van der Waals surface area contributed by atoms with Gasteiger partial charge in [0, 0.05) is 30.1 Å². The van der Waals surface area contributed by atoms with Gasteiger partial charge in [0.15, 0.2) is 5.82 Å². The molecule has 4 rings (SSSR count). The van der Waals surface area contributed by atoms with Crippen molar-refractivity contribution in [2.75, 3.05) is 18.0 Å². The van der Waals surface area contributed by atoms with Crippen molar-refractivity contribution in [3.8, 4) is 11.4 Å². The summed E-state index contributed by atoms with van der Waals surface area (Å²) in [7, 11) is 0. The first-order valence-corrected chi connectivity index (χ1v) is 10.3. The third-order valence-corrected chi connectivity index (χ3v) is 5.74. The third kappa shape index (κ3) is 4.25. The molecule has 3 aromatic rings. The summed E-state index contributed by atoms with van der Waals surface area (Å²) in [6, 6.07) is 16.8. The van der Waals surface area contributed by atoms with Gasteiger partial charge in [0.1, 0.15) is 5.82 Å². The number of hydrogen-bond donors (Lipinski definition) is 2. The topological polar surface area (TPSA) is 78.4 Å². The number of amides is 1. The Hall–Kier alpha value is -3.20. The van der Waals surface area contributed by atoms with Crippen LogP contribution in [0.2, 0.25) is 0 Å². The van der Waals surface area contributed by atoms with Crippen LogP contribution in [0.4, 0.5) is 19.0 Å². The van der Waals surface area contributed by atoms with Crippen molar-refractivity contribution >= 4 is 22.6 Å². The summed E-state index contributed by atoms with van der Waals surface area (Å²) in [5, 5.41) is 12.8. The Morgan fingerprint density at radius 2 is 1.66 bits per heavy atom. The van der Waals surface area contributed by atoms with Gasteiger partial charge in [-0.3, -0.25) is 4.79 Å². The Morgan fingerprint density at radius 3 is 2.31 bits per heavy atom. The molecule has 1 amide bonds. The SMILES string of the molecule is CC(O)(C(=O)NC1CCN(c2nc(-c3ccccc3)nc3ccccc23)CC1)C(F)(F)F. The molecule has 1 fully saturated rings. The largest absolute Gasteiger partial charge is 0.426 e. The predicted octanol–water partition coefficient (Wildman–Crippen LogP) is 3.70. The van der Waals surface area contributed by atoms with Crippen LogP contribution in [-0.4, -0.2) is 51.9 Å². The molecule has 1 aliphatic rings. The second-order valence-electron chi connectivity index (χ2n) is 8.06. The standard InChI is InChI=1S/C23H23F3N4O2/c1-22(32,23(24,25)26)21(31)27-16-11-13-30(14-12-16)20-17-9-5-6-10-18(17)28-19(29-20)15-7-3-2-4-8-15/h2-10,16,32H,11-14H2,1H3,(H,27,31). The van der Waals surface area contributed by atoms with E-state index in [-0.39, 0.29) is 0 Å². The highest BCUT2D eigenvalue weighted by Crippen LogP contribution is 2.32. The molecule has 168 valence electrons. The zero-order valence-corrected chi connectivity index (χ0v) is 17.4. The zero-order valence-electron chi connectivity index (χ0n) is 17.4. The number of fused-ring (bicyclic) bond motifs is 1. The first-order chi connectivity index (χ1) is 15.2. The van der Waals surface area contributed by atoms with Crippen LogP contribution in [0.15, 0.2) is 54.6 Å². The summed E-state index contributed by atoms with van der Waals surface area (Å²) in [5.74, 6) is -0.0835. The summed E-state index contributed by atoms with van der Waals surface area (Å²) in [4.78, 5) is 23.5. The highest BCUT2D eigenvalue weighted by molar-refractivity contribution is 5.91. The van der Waals surface area contributed by atoms with Crippen LogP contribution < -0.4 is 10.2 Å². The van der Waals surface area contributed by atoms with E-state index in [2.05, 4.69) is 15.2 Å². The summed E-state index contributed by atoms with van der Waals surface area (Å²) in [5.41, 5.74) is -1.73. The normalized spacial score (nSPS) is 17.2. The molecule has 6 nitrogen and oxygen atoms in total. The highest BCUT2D eigenvalue weighted by atomic mass is 19.4. The Balaban J connectivity index is 1.54. The maximum Gasteiger partial charge on any atom is 0.426 e. The van der Waals surface area contributed by atoms with Crippen LogP contribution in [0, 0.1) is 0 Å². The second-order valence-corrected chi connectivity index (χ2v) is 8.06. The lowest BCUT2D eigenvalue weighted by atomic mass is 10.0. The molecule has 1 unspecified atom stereocenters. The molecule has 0 aliphatic carbocycles. The van der Waals surface area contributed by atoms with Crippen molar-refractivity contribution in [1.29, 1.82) is 0 Å². The molecule has 1 aliphatic heterocycles. The van der Waals surface area contributed by atoms with Crippen molar-refractivity contribution < 1.29 is 23.1 Å². The van der Waals surface area contributed by atoms with E-state index in [4.69, 9.17) is 4.98 Å². The maximum absolute atomic E-state index is 12.9. The summed E-state index contributed by atoms with van der Waals surface area (Å²) in [6.07, 6.45) is -4.18. The summed E-state index contributed by atoms with van der Waals surface area (Å²) < 4.78 is 38.7. The van der Waals surface area contributed by atoms with Gasteiger partial charge in [-0.15, -0.1) is 0 Å². The average molecular weight is 444 g/mol. The molecule has 0 radical (unpaired) electrons. The number of carbonyl (C=O) groups excluding carboxylic acids is 1. The average Bonchev–Trinajstić information content (AvgIpc) is 2.78. The summed E-state index contributed by atoms with van der Waals surface area (Å²) in [6.45, 7) is 1.46. The van der Waals surface area contributed by atoms with Crippen LogP contribution in [0.3, 0.4) is 0 Å². The van der Waals surface area contributed by atoms with Gasteiger partial charge in [-0.1, -0.05) is 42.5 Å². The number of piperidine rings is 1. The second kappa shape index (κ2) is 8.38. The number of aliphatic hydroxyl groups is 1. The van der Waals surface area contributed by atoms with Gasteiger partial charge in [-0.2, -0.15) is 13.2 Å². The smallest absolute Gasteiger partial charge is 0.373 e. The van der Waals surface area contributed by atoms with E-state index in [1.165, 1.54) is 0 Å². The molecule has 2 heterocycles. The number of anilines is 1.